The van der Waals surface area contributed by atoms with Crippen LogP contribution in [0.1, 0.15) is 21.8 Å². The van der Waals surface area contributed by atoms with Gasteiger partial charge in [-0.25, -0.2) is 14.6 Å². The molecule has 196 valence electrons. The summed E-state index contributed by atoms with van der Waals surface area (Å²) in [5.41, 5.74) is 2.74. The fourth-order valence-corrected chi connectivity index (χ4v) is 4.11. The van der Waals surface area contributed by atoms with Gasteiger partial charge in [0.05, 0.1) is 30.0 Å². The Morgan fingerprint density at radius 3 is 2.44 bits per heavy atom. The van der Waals surface area contributed by atoms with E-state index in [9.17, 15) is 14.7 Å². The lowest BCUT2D eigenvalue weighted by Crippen LogP contribution is -2.51. The molecule has 0 bridgehead atoms. The minimum Gasteiger partial charge on any atom is -0.447 e. The first-order chi connectivity index (χ1) is 19.1. The van der Waals surface area contributed by atoms with Crippen LogP contribution in [0, 0.1) is 0 Å². The van der Waals surface area contributed by atoms with Crippen LogP contribution in [0.4, 0.5) is 0 Å². The Bertz CT molecular complexity index is 1520. The number of benzene rings is 2. The molecule has 0 fully saturated rings. The number of aromatic nitrogens is 4. The third-order valence-corrected chi connectivity index (χ3v) is 6.07. The van der Waals surface area contributed by atoms with E-state index in [1.165, 1.54) is 17.1 Å². The van der Waals surface area contributed by atoms with Gasteiger partial charge in [-0.3, -0.25) is 9.59 Å². The largest absolute Gasteiger partial charge is 0.447 e. The summed E-state index contributed by atoms with van der Waals surface area (Å²) in [6, 6.07) is 23.1. The molecule has 2 atom stereocenters. The van der Waals surface area contributed by atoms with Crippen LogP contribution in [0.5, 0.6) is 0 Å². The number of oxazole rings is 1. The molecule has 0 spiro atoms. The molecule has 0 radical (unpaired) electrons. The Hall–Kier alpha value is -5.09. The highest BCUT2D eigenvalue weighted by Gasteiger charge is 2.29. The molecule has 0 aliphatic carbocycles. The van der Waals surface area contributed by atoms with Gasteiger partial charge >= 0.3 is 0 Å². The first-order valence-corrected chi connectivity index (χ1v) is 12.3. The van der Waals surface area contributed by atoms with Gasteiger partial charge in [-0.1, -0.05) is 60.7 Å². The van der Waals surface area contributed by atoms with Gasteiger partial charge in [0.1, 0.15) is 6.26 Å². The second-order valence-corrected chi connectivity index (χ2v) is 8.74. The molecule has 3 aromatic heterocycles. The maximum absolute atomic E-state index is 13.5. The number of nitrogens with one attached hydrogen (secondary N) is 2. The predicted octanol–water partition coefficient (Wildman–Crippen LogP) is 2.94. The molecule has 0 aliphatic heterocycles. The molecule has 0 saturated heterocycles. The predicted molar refractivity (Wildman–Crippen MR) is 143 cm³/mol. The summed E-state index contributed by atoms with van der Waals surface area (Å²) >= 11 is 0. The van der Waals surface area contributed by atoms with Gasteiger partial charge in [0.15, 0.2) is 11.9 Å². The van der Waals surface area contributed by atoms with Gasteiger partial charge in [0.2, 0.25) is 5.89 Å². The third-order valence-electron chi connectivity index (χ3n) is 6.07. The number of carbonyl (C=O) groups is 2. The zero-order valence-electron chi connectivity index (χ0n) is 20.8. The Morgan fingerprint density at radius 2 is 1.69 bits per heavy atom. The van der Waals surface area contributed by atoms with Gasteiger partial charge in [0.25, 0.3) is 11.8 Å². The van der Waals surface area contributed by atoms with Crippen LogP contribution in [-0.4, -0.2) is 48.8 Å². The van der Waals surface area contributed by atoms with Gasteiger partial charge in [-0.15, -0.1) is 0 Å². The smallest absolute Gasteiger partial charge is 0.255 e. The second kappa shape index (κ2) is 12.0. The normalized spacial score (nSPS) is 12.4. The maximum atomic E-state index is 13.5. The van der Waals surface area contributed by atoms with Crippen molar-refractivity contribution in [3.63, 3.8) is 0 Å². The minimum absolute atomic E-state index is 0.00466. The molecule has 2 aromatic carbocycles. The quantitative estimate of drug-likeness (QED) is 0.257. The fourth-order valence-electron chi connectivity index (χ4n) is 4.11. The summed E-state index contributed by atoms with van der Waals surface area (Å²) in [5.74, 6) is -0.553. The van der Waals surface area contributed by atoms with Gasteiger partial charge in [0, 0.05) is 18.0 Å². The standard InChI is InChI=1S/C29H26N6O4/c36-26(29(38)32-19-25-30-15-17-39-25)24(18-20-8-3-1-4-9-20)33-28(37)22-12-7-14-31-27(22)35-16-13-23(34-35)21-10-5-2-6-11-21/h1-17,24,26,36H,18-19H2,(H,32,38)(H,33,37). The van der Waals surface area contributed by atoms with E-state index in [-0.39, 0.29) is 18.5 Å². The van der Waals surface area contributed by atoms with Crippen molar-refractivity contribution in [2.75, 3.05) is 0 Å². The van der Waals surface area contributed by atoms with E-state index in [0.717, 1.165) is 16.8 Å². The van der Waals surface area contributed by atoms with Crippen molar-refractivity contribution in [1.82, 2.24) is 30.4 Å². The van der Waals surface area contributed by atoms with Crippen molar-refractivity contribution in [2.24, 2.45) is 0 Å². The van der Waals surface area contributed by atoms with E-state index in [1.807, 2.05) is 66.7 Å². The number of pyridine rings is 1. The lowest BCUT2D eigenvalue weighted by atomic mass is 10.00. The average Bonchev–Trinajstić information content (AvgIpc) is 3.69. The van der Waals surface area contributed by atoms with E-state index >= 15 is 0 Å². The zero-order valence-corrected chi connectivity index (χ0v) is 20.8. The summed E-state index contributed by atoms with van der Waals surface area (Å²) < 4.78 is 6.67. The lowest BCUT2D eigenvalue weighted by molar-refractivity contribution is -0.130. The third kappa shape index (κ3) is 6.25. The Morgan fingerprint density at radius 1 is 0.923 bits per heavy atom. The van der Waals surface area contributed by atoms with Crippen molar-refractivity contribution >= 4 is 11.8 Å². The molecule has 10 heteroatoms. The van der Waals surface area contributed by atoms with Crippen LogP contribution >= 0.6 is 0 Å². The molecule has 2 amide bonds. The van der Waals surface area contributed by atoms with Gasteiger partial charge in [-0.2, -0.15) is 5.10 Å². The summed E-state index contributed by atoms with van der Waals surface area (Å²) in [4.78, 5) is 34.7. The van der Waals surface area contributed by atoms with Gasteiger partial charge < -0.3 is 20.2 Å². The number of aliphatic hydroxyl groups is 1. The van der Waals surface area contributed by atoms with E-state index < -0.39 is 24.0 Å². The molecular weight excluding hydrogens is 496 g/mol. The van der Waals surface area contributed by atoms with Gasteiger partial charge in [-0.05, 0) is 30.2 Å². The topological polar surface area (TPSA) is 135 Å². The number of hydrogen-bond acceptors (Lipinski definition) is 7. The summed E-state index contributed by atoms with van der Waals surface area (Å²) in [6.07, 6.45) is 4.83. The molecule has 5 rings (SSSR count). The Kier molecular flexibility index (Phi) is 7.84. The maximum Gasteiger partial charge on any atom is 0.255 e. The first kappa shape index (κ1) is 25.6. The van der Waals surface area contributed by atoms with Crippen molar-refractivity contribution in [1.29, 1.82) is 0 Å². The zero-order chi connectivity index (χ0) is 27.0. The van der Waals surface area contributed by atoms with Crippen LogP contribution in [0.15, 0.2) is 108 Å². The molecule has 10 nitrogen and oxygen atoms in total. The van der Waals surface area contributed by atoms with Crippen molar-refractivity contribution in [2.45, 2.75) is 25.1 Å². The van der Waals surface area contributed by atoms with Crippen molar-refractivity contribution < 1.29 is 19.1 Å². The molecule has 39 heavy (non-hydrogen) atoms. The number of carbonyl (C=O) groups excluding carboxylic acids is 2. The van der Waals surface area contributed by atoms with E-state index in [4.69, 9.17) is 4.42 Å². The van der Waals surface area contributed by atoms with Crippen LogP contribution < -0.4 is 10.6 Å². The average molecular weight is 523 g/mol. The SMILES string of the molecule is O=C(NC(Cc1ccccc1)C(O)C(=O)NCc1ncco1)c1cccnc1-n1ccc(-c2ccccc2)n1. The van der Waals surface area contributed by atoms with Crippen LogP contribution in [0.2, 0.25) is 0 Å². The summed E-state index contributed by atoms with van der Waals surface area (Å²) in [5, 5.41) is 21.0. The Labute approximate surface area is 224 Å². The van der Waals surface area contributed by atoms with E-state index in [1.54, 1.807) is 24.5 Å². The highest BCUT2D eigenvalue weighted by Crippen LogP contribution is 2.19. The number of nitrogens with zero attached hydrogens (tertiary/aromatic N) is 4. The van der Waals surface area contributed by atoms with Crippen LogP contribution in [0.25, 0.3) is 17.1 Å². The highest BCUT2D eigenvalue weighted by atomic mass is 16.3. The summed E-state index contributed by atoms with van der Waals surface area (Å²) in [6.45, 7) is 0.00466. The number of rotatable bonds is 10. The lowest BCUT2D eigenvalue weighted by Gasteiger charge is -2.24. The van der Waals surface area contributed by atoms with Crippen LogP contribution in [-0.2, 0) is 17.8 Å². The number of hydrogen-bond donors (Lipinski definition) is 3. The first-order valence-electron chi connectivity index (χ1n) is 12.3. The molecular formula is C29H26N6O4. The minimum atomic E-state index is -1.54. The number of aliphatic hydroxyl groups excluding tert-OH is 1. The Balaban J connectivity index is 1.37. The monoisotopic (exact) mass is 522 g/mol. The molecule has 0 saturated carbocycles. The number of amides is 2. The van der Waals surface area contributed by atoms with E-state index in [0.29, 0.717) is 11.7 Å². The van der Waals surface area contributed by atoms with Crippen molar-refractivity contribution in [3.05, 3.63) is 121 Å². The van der Waals surface area contributed by atoms with E-state index in [2.05, 4.69) is 25.7 Å². The highest BCUT2D eigenvalue weighted by molar-refractivity contribution is 5.97. The summed E-state index contributed by atoms with van der Waals surface area (Å²) in [7, 11) is 0. The molecule has 3 N–H and O–H groups in total. The molecule has 5 aromatic rings. The molecule has 2 unspecified atom stereocenters. The second-order valence-electron chi connectivity index (χ2n) is 8.74. The van der Waals surface area contributed by atoms with Crippen LogP contribution in [0.3, 0.4) is 0 Å². The van der Waals surface area contributed by atoms with Crippen molar-refractivity contribution in [3.8, 4) is 17.1 Å². The molecule has 3 heterocycles. The molecule has 0 aliphatic rings. The fraction of sp³-hybridized carbons (Fsp3) is 0.138.